The van der Waals surface area contributed by atoms with Gasteiger partial charge in [-0.3, -0.25) is 4.79 Å². The van der Waals surface area contributed by atoms with E-state index >= 15 is 0 Å². The lowest BCUT2D eigenvalue weighted by molar-refractivity contribution is 0.102. The van der Waals surface area contributed by atoms with Gasteiger partial charge < -0.3 is 10.1 Å². The Morgan fingerprint density at radius 3 is 2.48 bits per heavy atom. The van der Waals surface area contributed by atoms with Crippen molar-refractivity contribution in [3.8, 4) is 5.75 Å². The number of nitrogens with one attached hydrogen (secondary N) is 1. The quantitative estimate of drug-likeness (QED) is 0.661. The molecule has 3 nitrogen and oxygen atoms in total. The number of ether oxygens (including phenoxy) is 1. The third-order valence-electron chi connectivity index (χ3n) is 3.80. The Kier molecular flexibility index (Phi) is 5.36. The average Bonchev–Trinajstić information content (AvgIpc) is 2.64. The molecule has 0 fully saturated rings. The van der Waals surface area contributed by atoms with Crippen molar-refractivity contribution >= 4 is 23.2 Å². The van der Waals surface area contributed by atoms with E-state index in [1.165, 1.54) is 0 Å². The summed E-state index contributed by atoms with van der Waals surface area (Å²) in [5.74, 6) is 0.311. The van der Waals surface area contributed by atoms with E-state index in [-0.39, 0.29) is 5.91 Å². The number of hydrogen-bond donors (Lipinski definition) is 1. The topological polar surface area (TPSA) is 38.3 Å². The average molecular weight is 352 g/mol. The highest BCUT2D eigenvalue weighted by Crippen LogP contribution is 2.23. The highest BCUT2D eigenvalue weighted by molar-refractivity contribution is 6.31. The second-order valence-electron chi connectivity index (χ2n) is 5.69. The number of rotatable bonds is 5. The molecule has 3 aromatic carbocycles. The molecular weight excluding hydrogens is 334 g/mol. The van der Waals surface area contributed by atoms with Crippen LogP contribution in [0.2, 0.25) is 5.02 Å². The van der Waals surface area contributed by atoms with E-state index in [1.54, 1.807) is 18.2 Å². The molecule has 0 radical (unpaired) electrons. The molecule has 0 atom stereocenters. The molecule has 0 aliphatic heterocycles. The Labute approximate surface area is 152 Å². The van der Waals surface area contributed by atoms with Crippen LogP contribution in [0.1, 0.15) is 21.5 Å². The van der Waals surface area contributed by atoms with Gasteiger partial charge in [0.25, 0.3) is 5.91 Å². The van der Waals surface area contributed by atoms with E-state index in [0.29, 0.717) is 28.6 Å². The maximum absolute atomic E-state index is 12.6. The van der Waals surface area contributed by atoms with Crippen molar-refractivity contribution in [1.82, 2.24) is 0 Å². The zero-order valence-electron chi connectivity index (χ0n) is 13.8. The number of halogens is 1. The summed E-state index contributed by atoms with van der Waals surface area (Å²) >= 11 is 6.12. The Morgan fingerprint density at radius 1 is 1.00 bits per heavy atom. The summed E-state index contributed by atoms with van der Waals surface area (Å²) in [6.07, 6.45) is 0. The van der Waals surface area contributed by atoms with E-state index < -0.39 is 0 Å². The lowest BCUT2D eigenvalue weighted by Gasteiger charge is -2.12. The fourth-order valence-corrected chi connectivity index (χ4v) is 2.56. The summed E-state index contributed by atoms with van der Waals surface area (Å²) in [5.41, 5.74) is 3.14. The van der Waals surface area contributed by atoms with Crippen molar-refractivity contribution in [3.63, 3.8) is 0 Å². The van der Waals surface area contributed by atoms with E-state index in [9.17, 15) is 4.79 Å². The SMILES string of the molecule is Cc1ccc(NC(=O)c2ccccc2OCc2ccccc2)cc1Cl. The van der Waals surface area contributed by atoms with Crippen molar-refractivity contribution < 1.29 is 9.53 Å². The smallest absolute Gasteiger partial charge is 0.259 e. The fourth-order valence-electron chi connectivity index (χ4n) is 2.38. The number of para-hydroxylation sites is 1. The molecule has 3 aromatic rings. The van der Waals surface area contributed by atoms with Gasteiger partial charge in [-0.05, 0) is 42.3 Å². The first-order valence-electron chi connectivity index (χ1n) is 7.97. The van der Waals surface area contributed by atoms with Crippen molar-refractivity contribution in [2.24, 2.45) is 0 Å². The van der Waals surface area contributed by atoms with E-state index in [1.807, 2.05) is 61.5 Å². The standard InChI is InChI=1S/C21H18ClNO2/c1-15-11-12-17(13-19(15)22)23-21(24)18-9-5-6-10-20(18)25-14-16-7-3-2-4-8-16/h2-13H,14H2,1H3,(H,23,24). The first-order chi connectivity index (χ1) is 12.1. The molecule has 0 saturated heterocycles. The summed E-state index contributed by atoms with van der Waals surface area (Å²) in [4.78, 5) is 12.6. The zero-order chi connectivity index (χ0) is 17.6. The van der Waals surface area contributed by atoms with Crippen LogP contribution in [0.5, 0.6) is 5.75 Å². The molecule has 1 N–H and O–H groups in total. The number of hydrogen-bond acceptors (Lipinski definition) is 2. The molecule has 0 unspecified atom stereocenters. The van der Waals surface area contributed by atoms with Gasteiger partial charge in [0, 0.05) is 10.7 Å². The molecule has 0 aliphatic rings. The molecule has 126 valence electrons. The molecule has 0 aliphatic carbocycles. The van der Waals surface area contributed by atoms with Gasteiger partial charge in [-0.15, -0.1) is 0 Å². The number of amides is 1. The van der Waals surface area contributed by atoms with Crippen LogP contribution in [0.4, 0.5) is 5.69 Å². The largest absolute Gasteiger partial charge is 0.488 e. The van der Waals surface area contributed by atoms with Crippen LogP contribution in [0.3, 0.4) is 0 Å². The van der Waals surface area contributed by atoms with Gasteiger partial charge in [-0.25, -0.2) is 0 Å². The van der Waals surface area contributed by atoms with E-state index in [4.69, 9.17) is 16.3 Å². The molecule has 0 bridgehead atoms. The first-order valence-corrected chi connectivity index (χ1v) is 8.34. The van der Waals surface area contributed by atoms with Gasteiger partial charge in [-0.1, -0.05) is 60.1 Å². The molecule has 0 heterocycles. The van der Waals surface area contributed by atoms with Crippen molar-refractivity contribution in [3.05, 3.63) is 94.5 Å². The number of anilines is 1. The van der Waals surface area contributed by atoms with E-state index in [0.717, 1.165) is 11.1 Å². The predicted molar refractivity (Wildman–Crippen MR) is 101 cm³/mol. The summed E-state index contributed by atoms with van der Waals surface area (Å²) in [7, 11) is 0. The Balaban J connectivity index is 1.75. The summed E-state index contributed by atoms with van der Waals surface area (Å²) in [6.45, 7) is 2.32. The number of carbonyl (C=O) groups is 1. The Morgan fingerprint density at radius 2 is 1.72 bits per heavy atom. The highest BCUT2D eigenvalue weighted by atomic mass is 35.5. The lowest BCUT2D eigenvalue weighted by atomic mass is 10.1. The predicted octanol–water partition coefficient (Wildman–Crippen LogP) is 5.48. The fraction of sp³-hybridized carbons (Fsp3) is 0.0952. The van der Waals surface area contributed by atoms with Crippen LogP contribution in [-0.2, 0) is 6.61 Å². The van der Waals surface area contributed by atoms with Gasteiger partial charge >= 0.3 is 0 Å². The van der Waals surface area contributed by atoms with Crippen LogP contribution in [-0.4, -0.2) is 5.91 Å². The van der Waals surface area contributed by atoms with Gasteiger partial charge in [0.05, 0.1) is 5.56 Å². The molecule has 4 heteroatoms. The number of benzene rings is 3. The summed E-state index contributed by atoms with van der Waals surface area (Å²) in [5, 5.41) is 3.48. The lowest BCUT2D eigenvalue weighted by Crippen LogP contribution is -2.13. The molecule has 0 saturated carbocycles. The van der Waals surface area contributed by atoms with Gasteiger partial charge in [-0.2, -0.15) is 0 Å². The number of carbonyl (C=O) groups excluding carboxylic acids is 1. The number of aryl methyl sites for hydroxylation is 1. The minimum Gasteiger partial charge on any atom is -0.488 e. The third kappa shape index (κ3) is 4.40. The van der Waals surface area contributed by atoms with Crippen molar-refractivity contribution in [2.75, 3.05) is 5.32 Å². The van der Waals surface area contributed by atoms with Crippen LogP contribution >= 0.6 is 11.6 Å². The Bertz CT molecular complexity index is 878. The maximum Gasteiger partial charge on any atom is 0.259 e. The second-order valence-corrected chi connectivity index (χ2v) is 6.10. The van der Waals surface area contributed by atoms with Crippen molar-refractivity contribution in [2.45, 2.75) is 13.5 Å². The van der Waals surface area contributed by atoms with Gasteiger partial charge in [0.15, 0.2) is 0 Å². The zero-order valence-corrected chi connectivity index (χ0v) is 14.6. The minimum absolute atomic E-state index is 0.233. The van der Waals surface area contributed by atoms with Crippen LogP contribution < -0.4 is 10.1 Å². The highest BCUT2D eigenvalue weighted by Gasteiger charge is 2.13. The Hall–Kier alpha value is -2.78. The first kappa shape index (κ1) is 17.1. The van der Waals surface area contributed by atoms with E-state index in [2.05, 4.69) is 5.32 Å². The summed E-state index contributed by atoms with van der Waals surface area (Å²) < 4.78 is 5.84. The van der Waals surface area contributed by atoms with Gasteiger partial charge in [0.1, 0.15) is 12.4 Å². The maximum atomic E-state index is 12.6. The molecule has 0 spiro atoms. The normalized spacial score (nSPS) is 10.3. The van der Waals surface area contributed by atoms with Crippen LogP contribution in [0, 0.1) is 6.92 Å². The summed E-state index contributed by atoms with van der Waals surface area (Å²) in [6, 6.07) is 22.5. The molecule has 3 rings (SSSR count). The van der Waals surface area contributed by atoms with Gasteiger partial charge in [0.2, 0.25) is 0 Å². The molecule has 1 amide bonds. The molecule has 0 aromatic heterocycles. The van der Waals surface area contributed by atoms with Crippen LogP contribution in [0.15, 0.2) is 72.8 Å². The van der Waals surface area contributed by atoms with Crippen LogP contribution in [0.25, 0.3) is 0 Å². The molecule has 25 heavy (non-hydrogen) atoms. The third-order valence-corrected chi connectivity index (χ3v) is 4.21. The monoisotopic (exact) mass is 351 g/mol. The van der Waals surface area contributed by atoms with Crippen molar-refractivity contribution in [1.29, 1.82) is 0 Å². The minimum atomic E-state index is -0.233. The molecular formula is C21H18ClNO2. The second kappa shape index (κ2) is 7.86.